The van der Waals surface area contributed by atoms with Crippen molar-refractivity contribution < 1.29 is 19.0 Å². The number of carbonyl (C=O) groups excluding carboxylic acids is 1. The van der Waals surface area contributed by atoms with Gasteiger partial charge in [-0.1, -0.05) is 24.2 Å². The van der Waals surface area contributed by atoms with E-state index in [-0.39, 0.29) is 58.8 Å². The van der Waals surface area contributed by atoms with Crippen LogP contribution >= 0.6 is 34.5 Å². The lowest BCUT2D eigenvalue weighted by molar-refractivity contribution is -0.120. The first-order valence-electron chi connectivity index (χ1n) is 10.5. The monoisotopic (exact) mass is 608 g/mol. The van der Waals surface area contributed by atoms with Gasteiger partial charge in [-0.2, -0.15) is 5.26 Å². The zero-order valence-corrected chi connectivity index (χ0v) is 21.4. The molecule has 2 heterocycles. The third-order valence-corrected chi connectivity index (χ3v) is 7.03. The number of ether oxygens (including phenoxy) is 1. The summed E-state index contributed by atoms with van der Waals surface area (Å²) in [6.45, 7) is 4.32. The van der Waals surface area contributed by atoms with Crippen molar-refractivity contribution in [3.8, 4) is 28.7 Å². The molecule has 8 nitrogen and oxygen atoms in total. The van der Waals surface area contributed by atoms with Gasteiger partial charge in [0.05, 0.1) is 56.8 Å². The van der Waals surface area contributed by atoms with Crippen LogP contribution in [0.2, 0.25) is 5.02 Å². The molecule has 2 aromatic carbocycles. The number of phenols is 1. The zero-order valence-electron chi connectivity index (χ0n) is 18.5. The Kier molecular flexibility index (Phi) is 6.91. The van der Waals surface area contributed by atoms with Gasteiger partial charge in [0.25, 0.3) is 11.5 Å². The molecule has 11 heteroatoms. The Hall–Kier alpha value is -3.30. The molecule has 180 valence electrons. The van der Waals surface area contributed by atoms with E-state index < -0.39 is 11.4 Å². The molecule has 0 radical (unpaired) electrons. The van der Waals surface area contributed by atoms with Crippen LogP contribution in [0.1, 0.15) is 5.56 Å². The molecule has 0 bridgehead atoms. The summed E-state index contributed by atoms with van der Waals surface area (Å²) in [5.41, 5.74) is 0.0376. The molecular weight excluding hydrogens is 590 g/mol. The number of carbonyl (C=O) groups is 1. The Balaban J connectivity index is 2.00. The van der Waals surface area contributed by atoms with Crippen LogP contribution < -0.4 is 15.2 Å². The Morgan fingerprint density at radius 1 is 1.43 bits per heavy atom. The minimum absolute atomic E-state index is 0.0795. The van der Waals surface area contributed by atoms with Gasteiger partial charge in [0, 0.05) is 25.5 Å². The van der Waals surface area contributed by atoms with Gasteiger partial charge >= 0.3 is 0 Å². The van der Waals surface area contributed by atoms with Crippen LogP contribution in [0, 0.1) is 17.1 Å². The lowest BCUT2D eigenvalue weighted by atomic mass is 9.97. The molecule has 1 amide bonds. The van der Waals surface area contributed by atoms with Gasteiger partial charge in [-0.25, -0.2) is 4.39 Å². The van der Waals surface area contributed by atoms with Gasteiger partial charge < -0.3 is 19.3 Å². The number of benzene rings is 2. The topological polar surface area (TPSA) is 98.8 Å². The molecule has 0 fully saturated rings. The number of hydrogen-bond donors (Lipinski definition) is 1. The molecule has 1 aliphatic rings. The standard InChI is InChI=1S/C24H19ClFIN4O4/c1-3-18(33)31(27)8-7-29(2)21-13-11-15(25)19(20-16(26)5-4-6-17(20)32)23-22(13)30(9-10-35-23)24(34)14(21)12-28/h3-6,11,32H,1,7-10H2,2H3. The summed E-state index contributed by atoms with van der Waals surface area (Å²) in [7, 11) is 1.69. The highest BCUT2D eigenvalue weighted by Crippen LogP contribution is 2.48. The molecule has 0 saturated carbocycles. The summed E-state index contributed by atoms with van der Waals surface area (Å²) in [6, 6.07) is 7.43. The highest BCUT2D eigenvalue weighted by atomic mass is 127. The molecule has 3 aromatic rings. The van der Waals surface area contributed by atoms with Crippen molar-refractivity contribution in [2.24, 2.45) is 0 Å². The predicted molar refractivity (Wildman–Crippen MR) is 140 cm³/mol. The van der Waals surface area contributed by atoms with E-state index in [2.05, 4.69) is 6.58 Å². The van der Waals surface area contributed by atoms with Crippen LogP contribution in [-0.4, -0.2) is 45.4 Å². The van der Waals surface area contributed by atoms with Gasteiger partial charge in [-0.3, -0.25) is 12.7 Å². The van der Waals surface area contributed by atoms with Crippen LogP contribution in [0.3, 0.4) is 0 Å². The highest BCUT2D eigenvalue weighted by Gasteiger charge is 2.30. The molecule has 4 rings (SSSR count). The van der Waals surface area contributed by atoms with E-state index in [0.29, 0.717) is 23.1 Å². The number of halogens is 3. The quantitative estimate of drug-likeness (QED) is 0.256. The number of hydrogen-bond acceptors (Lipinski definition) is 6. The van der Waals surface area contributed by atoms with Gasteiger partial charge in [0.2, 0.25) is 0 Å². The van der Waals surface area contributed by atoms with Crippen molar-refractivity contribution in [3.05, 3.63) is 63.7 Å². The molecule has 0 unspecified atom stereocenters. The van der Waals surface area contributed by atoms with Gasteiger partial charge in [0.15, 0.2) is 5.75 Å². The first-order valence-corrected chi connectivity index (χ1v) is 11.8. The van der Waals surface area contributed by atoms with Crippen molar-refractivity contribution in [3.63, 3.8) is 0 Å². The second-order valence-corrected chi connectivity index (χ2v) is 9.35. The summed E-state index contributed by atoms with van der Waals surface area (Å²) in [5.74, 6) is -1.16. The number of amides is 1. The van der Waals surface area contributed by atoms with E-state index in [1.54, 1.807) is 11.9 Å². The van der Waals surface area contributed by atoms with E-state index in [0.717, 1.165) is 0 Å². The third-order valence-electron chi connectivity index (χ3n) is 5.77. The average Bonchev–Trinajstić information content (AvgIpc) is 2.84. The number of rotatable bonds is 6. The van der Waals surface area contributed by atoms with E-state index in [1.165, 1.54) is 38.0 Å². The number of nitrogens with zero attached hydrogens (tertiary/aromatic N) is 4. The van der Waals surface area contributed by atoms with Crippen LogP contribution in [0.15, 0.2) is 41.7 Å². The number of likely N-dealkylation sites (N-methyl/N-ethyl adjacent to an activating group) is 1. The maximum absolute atomic E-state index is 14.8. The first kappa shape index (κ1) is 24.8. The molecule has 0 atom stereocenters. The molecular formula is C24H19ClFIN4O4. The minimum atomic E-state index is -0.703. The van der Waals surface area contributed by atoms with Crippen LogP contribution in [0.4, 0.5) is 10.1 Å². The second-order valence-electron chi connectivity index (χ2n) is 7.78. The Morgan fingerprint density at radius 3 is 2.83 bits per heavy atom. The fourth-order valence-corrected chi connectivity index (χ4v) is 4.88. The largest absolute Gasteiger partial charge is 0.507 e. The lowest BCUT2D eigenvalue weighted by Crippen LogP contribution is -2.35. The molecule has 1 aliphatic heterocycles. The van der Waals surface area contributed by atoms with Crippen LogP contribution in [-0.2, 0) is 11.3 Å². The summed E-state index contributed by atoms with van der Waals surface area (Å²) in [5, 5.41) is 20.8. The van der Waals surface area contributed by atoms with Gasteiger partial charge in [-0.05, 0) is 24.3 Å². The molecule has 1 aromatic heterocycles. The summed E-state index contributed by atoms with van der Waals surface area (Å²) in [6.07, 6.45) is 1.19. The van der Waals surface area contributed by atoms with Crippen molar-refractivity contribution in [2.75, 3.05) is 31.6 Å². The predicted octanol–water partition coefficient (Wildman–Crippen LogP) is 4.23. The lowest BCUT2D eigenvalue weighted by Gasteiger charge is -2.29. The number of anilines is 1. The number of phenolic OH excluding ortho intramolecular Hbond substituents is 1. The SMILES string of the molecule is C=CC(=O)N(I)CCN(C)c1c(C#N)c(=O)n2c3c(c(-c4c(O)cccc4F)c(Cl)cc13)OCC2. The summed E-state index contributed by atoms with van der Waals surface area (Å²) in [4.78, 5) is 26.9. The Morgan fingerprint density at radius 2 is 2.17 bits per heavy atom. The number of pyridine rings is 1. The van der Waals surface area contributed by atoms with Crippen molar-refractivity contribution in [2.45, 2.75) is 6.54 Å². The zero-order chi connectivity index (χ0) is 25.4. The molecule has 0 spiro atoms. The van der Waals surface area contributed by atoms with E-state index in [1.807, 2.05) is 28.9 Å². The van der Waals surface area contributed by atoms with Crippen molar-refractivity contribution in [1.82, 2.24) is 7.68 Å². The number of aromatic nitrogens is 1. The molecule has 1 N–H and O–H groups in total. The maximum atomic E-state index is 14.8. The summed E-state index contributed by atoms with van der Waals surface area (Å²) < 4.78 is 23.5. The van der Waals surface area contributed by atoms with E-state index >= 15 is 0 Å². The number of nitriles is 1. The van der Waals surface area contributed by atoms with Crippen LogP contribution in [0.5, 0.6) is 11.5 Å². The molecule has 0 saturated heterocycles. The van der Waals surface area contributed by atoms with Gasteiger partial charge in [-0.15, -0.1) is 0 Å². The van der Waals surface area contributed by atoms with E-state index in [9.17, 15) is 24.3 Å². The smallest absolute Gasteiger partial charge is 0.271 e. The summed E-state index contributed by atoms with van der Waals surface area (Å²) >= 11 is 8.50. The average molecular weight is 609 g/mol. The normalized spacial score (nSPS) is 12.1. The minimum Gasteiger partial charge on any atom is -0.507 e. The maximum Gasteiger partial charge on any atom is 0.271 e. The highest BCUT2D eigenvalue weighted by molar-refractivity contribution is 14.1. The van der Waals surface area contributed by atoms with Crippen molar-refractivity contribution in [1.29, 1.82) is 5.26 Å². The fourth-order valence-electron chi connectivity index (χ4n) is 4.18. The Bertz CT molecular complexity index is 1460. The van der Waals surface area contributed by atoms with Crippen LogP contribution in [0.25, 0.3) is 22.0 Å². The molecule has 0 aliphatic carbocycles. The fraction of sp³-hybridized carbons (Fsp3) is 0.208. The molecule has 35 heavy (non-hydrogen) atoms. The van der Waals surface area contributed by atoms with Gasteiger partial charge in [0.1, 0.15) is 29.8 Å². The first-order chi connectivity index (χ1) is 16.7. The Labute approximate surface area is 218 Å². The van der Waals surface area contributed by atoms with Crippen molar-refractivity contribution >= 4 is 57.0 Å². The third kappa shape index (κ3) is 4.19. The van der Waals surface area contributed by atoms with E-state index in [4.69, 9.17) is 16.3 Å². The number of aromatic hydroxyl groups is 1. The second kappa shape index (κ2) is 9.75.